The SMILES string of the molecule is CON(C)C(=O)NCCCc1cccc(C(F)(F)F)c1.c1cc2ccc1=2. The van der Waals surface area contributed by atoms with Gasteiger partial charge in [-0.1, -0.05) is 42.5 Å². The van der Waals surface area contributed by atoms with Crippen LogP contribution in [0.1, 0.15) is 17.5 Å². The van der Waals surface area contributed by atoms with Crippen molar-refractivity contribution in [1.29, 1.82) is 0 Å². The number of carbonyl (C=O) groups is 1. The Morgan fingerprint density at radius 1 is 1.12 bits per heavy atom. The number of nitrogens with zero attached hydrogens (tertiary/aromatic N) is 1. The Morgan fingerprint density at radius 3 is 2.19 bits per heavy atom. The third kappa shape index (κ3) is 5.49. The van der Waals surface area contributed by atoms with Crippen LogP contribution in [-0.4, -0.2) is 31.8 Å². The molecule has 0 heterocycles. The number of rotatable bonds is 5. The summed E-state index contributed by atoms with van der Waals surface area (Å²) in [6.07, 6.45) is -3.32. The van der Waals surface area contributed by atoms with Crippen molar-refractivity contribution >= 4 is 6.03 Å². The summed E-state index contributed by atoms with van der Waals surface area (Å²) >= 11 is 0. The predicted molar refractivity (Wildman–Crippen MR) is 92.0 cm³/mol. The topological polar surface area (TPSA) is 41.6 Å². The van der Waals surface area contributed by atoms with E-state index in [2.05, 4.69) is 34.4 Å². The van der Waals surface area contributed by atoms with Gasteiger partial charge in [0.2, 0.25) is 0 Å². The van der Waals surface area contributed by atoms with Crippen molar-refractivity contribution in [1.82, 2.24) is 10.4 Å². The minimum Gasteiger partial charge on any atom is -0.336 e. The molecule has 7 heteroatoms. The summed E-state index contributed by atoms with van der Waals surface area (Å²) < 4.78 is 37.5. The van der Waals surface area contributed by atoms with Crippen LogP contribution in [0.4, 0.5) is 18.0 Å². The van der Waals surface area contributed by atoms with E-state index in [9.17, 15) is 18.0 Å². The summed E-state index contributed by atoms with van der Waals surface area (Å²) in [6, 6.07) is 13.3. The van der Waals surface area contributed by atoms with Crippen LogP contribution in [0.3, 0.4) is 0 Å². The molecule has 0 radical (unpaired) electrons. The Kier molecular flexibility index (Phi) is 6.63. The number of hydrogen-bond acceptors (Lipinski definition) is 2. The van der Waals surface area contributed by atoms with Gasteiger partial charge in [0.15, 0.2) is 0 Å². The summed E-state index contributed by atoms with van der Waals surface area (Å²) in [6.45, 7) is 0.364. The van der Waals surface area contributed by atoms with Gasteiger partial charge >= 0.3 is 12.2 Å². The standard InChI is InChI=1S/C13H17F3N2O2.C6H4/c1-18(20-2)12(19)17-8-4-6-10-5-3-7-11(9-10)13(14,15)16;1-2-6-4-3-5(1)6/h3,5,7,9H,4,6,8H2,1-2H3,(H,17,19);1-4H. The second-order valence-electron chi connectivity index (χ2n) is 5.79. The number of carbonyl (C=O) groups excluding carboxylic acids is 1. The first-order valence-electron chi connectivity index (χ1n) is 8.13. The van der Waals surface area contributed by atoms with Crippen LogP contribution >= 0.6 is 0 Å². The average Bonchev–Trinajstić information content (AvgIpc) is 2.60. The number of hydrogen-bond donors (Lipinski definition) is 1. The molecule has 1 aromatic rings. The highest BCUT2D eigenvalue weighted by molar-refractivity contribution is 5.72. The minimum absolute atomic E-state index is 0.364. The molecule has 0 saturated carbocycles. The third-order valence-corrected chi connectivity index (χ3v) is 3.95. The lowest BCUT2D eigenvalue weighted by Gasteiger charge is -2.14. The van der Waals surface area contributed by atoms with Crippen molar-refractivity contribution in [2.45, 2.75) is 19.0 Å². The number of alkyl halides is 3. The lowest BCUT2D eigenvalue weighted by atomic mass is 10.1. The van der Waals surface area contributed by atoms with Crippen molar-refractivity contribution in [3.8, 4) is 0 Å². The van der Waals surface area contributed by atoms with Gasteiger partial charge < -0.3 is 5.32 Å². The van der Waals surface area contributed by atoms with E-state index >= 15 is 0 Å². The molecule has 0 saturated heterocycles. The number of urea groups is 1. The largest absolute Gasteiger partial charge is 0.416 e. The average molecular weight is 366 g/mol. The van der Waals surface area contributed by atoms with Gasteiger partial charge in [0.05, 0.1) is 12.7 Å². The van der Waals surface area contributed by atoms with Crippen LogP contribution in [0.5, 0.6) is 0 Å². The molecule has 26 heavy (non-hydrogen) atoms. The maximum atomic E-state index is 12.5. The van der Waals surface area contributed by atoms with E-state index in [0.29, 0.717) is 24.9 Å². The van der Waals surface area contributed by atoms with Crippen LogP contribution in [0.2, 0.25) is 0 Å². The number of amides is 2. The maximum Gasteiger partial charge on any atom is 0.416 e. The fourth-order valence-electron chi connectivity index (χ4n) is 2.25. The molecule has 3 rings (SSSR count). The smallest absolute Gasteiger partial charge is 0.336 e. The number of hydroxylamine groups is 2. The Morgan fingerprint density at radius 2 is 1.73 bits per heavy atom. The normalized spacial score (nSPS) is 11.3. The molecule has 0 unspecified atom stereocenters. The lowest BCUT2D eigenvalue weighted by Crippen LogP contribution is -2.37. The van der Waals surface area contributed by atoms with Crippen molar-refractivity contribution in [3.63, 3.8) is 0 Å². The monoisotopic (exact) mass is 366 g/mol. The summed E-state index contributed by atoms with van der Waals surface area (Å²) in [5, 5.41) is 6.47. The first-order chi connectivity index (χ1) is 12.3. The van der Waals surface area contributed by atoms with Crippen LogP contribution in [0, 0.1) is 10.4 Å². The molecular weight excluding hydrogens is 345 g/mol. The molecule has 0 aliphatic heterocycles. The van der Waals surface area contributed by atoms with Crippen molar-refractivity contribution < 1.29 is 22.8 Å². The fourth-order valence-corrected chi connectivity index (χ4v) is 2.25. The van der Waals surface area contributed by atoms with Crippen molar-refractivity contribution in [2.24, 2.45) is 0 Å². The number of aryl methyl sites for hydroxylation is 1. The highest BCUT2D eigenvalue weighted by Crippen LogP contribution is 2.29. The van der Waals surface area contributed by atoms with Gasteiger partial charge in [0.1, 0.15) is 0 Å². The van der Waals surface area contributed by atoms with E-state index < -0.39 is 17.8 Å². The molecule has 4 nitrogen and oxygen atoms in total. The van der Waals surface area contributed by atoms with E-state index in [-0.39, 0.29) is 0 Å². The first kappa shape index (κ1) is 19.8. The van der Waals surface area contributed by atoms with E-state index in [1.54, 1.807) is 6.07 Å². The van der Waals surface area contributed by atoms with E-state index in [1.165, 1.54) is 30.7 Å². The fraction of sp³-hybridized carbons (Fsp3) is 0.316. The quantitative estimate of drug-likeness (QED) is 0.545. The Labute approximate surface area is 149 Å². The second kappa shape index (κ2) is 8.71. The van der Waals surface area contributed by atoms with Crippen molar-refractivity contribution in [2.75, 3.05) is 20.7 Å². The molecule has 0 spiro atoms. The molecule has 2 aliphatic carbocycles. The zero-order valence-electron chi connectivity index (χ0n) is 14.6. The molecule has 1 aromatic carbocycles. The molecule has 2 aliphatic rings. The summed E-state index contributed by atoms with van der Waals surface area (Å²) in [7, 11) is 2.82. The molecular formula is C19H21F3N2O2. The van der Waals surface area contributed by atoms with Crippen LogP contribution < -0.4 is 5.32 Å². The summed E-state index contributed by atoms with van der Waals surface area (Å²) in [5.74, 6) is 0. The molecule has 0 bridgehead atoms. The maximum absolute atomic E-state index is 12.5. The first-order valence-corrected chi connectivity index (χ1v) is 8.13. The van der Waals surface area contributed by atoms with Crippen LogP contribution in [0.25, 0.3) is 0 Å². The Bertz CT molecular complexity index is 787. The predicted octanol–water partition coefficient (Wildman–Crippen LogP) is 4.13. The summed E-state index contributed by atoms with van der Waals surface area (Å²) in [5.41, 5.74) is -0.0627. The van der Waals surface area contributed by atoms with Gasteiger partial charge in [0, 0.05) is 13.6 Å². The van der Waals surface area contributed by atoms with E-state index in [0.717, 1.165) is 17.2 Å². The van der Waals surface area contributed by atoms with Crippen molar-refractivity contribution in [3.05, 3.63) is 70.1 Å². The summed E-state index contributed by atoms with van der Waals surface area (Å²) in [4.78, 5) is 16.0. The molecule has 140 valence electrons. The van der Waals surface area contributed by atoms with Crippen LogP contribution in [0.15, 0.2) is 48.5 Å². The van der Waals surface area contributed by atoms with Gasteiger partial charge in [-0.25, -0.2) is 9.86 Å². The Hall–Kier alpha value is -2.54. The van der Waals surface area contributed by atoms with Crippen LogP contribution in [-0.2, 0) is 17.4 Å². The zero-order chi connectivity index (χ0) is 19.2. The zero-order valence-corrected chi connectivity index (χ0v) is 14.6. The van der Waals surface area contributed by atoms with E-state index in [1.807, 2.05) is 0 Å². The molecule has 1 N–H and O–H groups in total. The van der Waals surface area contributed by atoms with Gasteiger partial charge in [-0.3, -0.25) is 4.84 Å². The van der Waals surface area contributed by atoms with Gasteiger partial charge in [-0.2, -0.15) is 13.2 Å². The van der Waals surface area contributed by atoms with Gasteiger partial charge in [0.25, 0.3) is 0 Å². The number of nitrogens with one attached hydrogen (secondary N) is 1. The number of halogens is 3. The highest BCUT2D eigenvalue weighted by Gasteiger charge is 2.30. The molecule has 0 aromatic heterocycles. The highest BCUT2D eigenvalue weighted by atomic mass is 19.4. The van der Waals surface area contributed by atoms with Gasteiger partial charge in [-0.05, 0) is 34.9 Å². The molecule has 0 fully saturated rings. The molecule has 0 atom stereocenters. The number of benzene rings is 2. The Balaban J connectivity index is 0.000000331. The van der Waals surface area contributed by atoms with Gasteiger partial charge in [-0.15, -0.1) is 0 Å². The second-order valence-corrected chi connectivity index (χ2v) is 5.79. The molecule has 2 amide bonds. The lowest BCUT2D eigenvalue weighted by molar-refractivity contribution is -0.137. The van der Waals surface area contributed by atoms with E-state index in [4.69, 9.17) is 0 Å². The third-order valence-electron chi connectivity index (χ3n) is 3.95. The minimum atomic E-state index is -4.33.